The molecule has 1 atom stereocenters. The van der Waals surface area contributed by atoms with Gasteiger partial charge in [-0.25, -0.2) is 0 Å². The van der Waals surface area contributed by atoms with Gasteiger partial charge in [0, 0.05) is 0 Å². The van der Waals surface area contributed by atoms with Gasteiger partial charge in [0.25, 0.3) is 0 Å². The Bertz CT molecular complexity index is 102. The molecule has 0 bridgehead atoms. The SMILES string of the molecule is CCCCCC(OCCO)C(C)C. The van der Waals surface area contributed by atoms with Gasteiger partial charge in [-0.05, 0) is 12.3 Å². The largest absolute Gasteiger partial charge is 0.394 e. The van der Waals surface area contributed by atoms with E-state index in [4.69, 9.17) is 9.84 Å². The minimum absolute atomic E-state index is 0.136. The molecule has 2 heteroatoms. The molecule has 80 valence electrons. The number of hydrogen-bond acceptors (Lipinski definition) is 2. The molecule has 0 heterocycles. The molecule has 0 saturated heterocycles. The summed E-state index contributed by atoms with van der Waals surface area (Å²) in [6, 6.07) is 0. The molecule has 1 N–H and O–H groups in total. The molecule has 0 radical (unpaired) electrons. The summed E-state index contributed by atoms with van der Waals surface area (Å²) in [4.78, 5) is 0. The number of hydrogen-bond donors (Lipinski definition) is 1. The Hall–Kier alpha value is -0.0800. The van der Waals surface area contributed by atoms with Gasteiger partial charge < -0.3 is 9.84 Å². The number of rotatable bonds is 8. The summed E-state index contributed by atoms with van der Waals surface area (Å²) >= 11 is 0. The molecule has 2 nitrogen and oxygen atoms in total. The number of ether oxygens (including phenoxy) is 1. The monoisotopic (exact) mass is 188 g/mol. The van der Waals surface area contributed by atoms with Crippen molar-refractivity contribution in [3.63, 3.8) is 0 Å². The molecule has 0 saturated carbocycles. The highest BCUT2D eigenvalue weighted by Gasteiger charge is 2.12. The van der Waals surface area contributed by atoms with Crippen molar-refractivity contribution in [1.82, 2.24) is 0 Å². The van der Waals surface area contributed by atoms with E-state index in [-0.39, 0.29) is 6.61 Å². The normalized spacial score (nSPS) is 13.6. The zero-order chi connectivity index (χ0) is 10.1. The summed E-state index contributed by atoms with van der Waals surface area (Å²) in [5, 5.41) is 8.64. The summed E-state index contributed by atoms with van der Waals surface area (Å²) in [5.41, 5.74) is 0. The second-order valence-electron chi connectivity index (χ2n) is 3.87. The van der Waals surface area contributed by atoms with Crippen LogP contribution in [0.1, 0.15) is 46.5 Å². The van der Waals surface area contributed by atoms with Gasteiger partial charge in [0.15, 0.2) is 0 Å². The van der Waals surface area contributed by atoms with Gasteiger partial charge in [0.1, 0.15) is 0 Å². The zero-order valence-electron chi connectivity index (χ0n) is 9.25. The van der Waals surface area contributed by atoms with Crippen LogP contribution in [-0.4, -0.2) is 24.4 Å². The molecule has 0 rings (SSSR count). The van der Waals surface area contributed by atoms with Crippen molar-refractivity contribution in [3.8, 4) is 0 Å². The highest BCUT2D eigenvalue weighted by Crippen LogP contribution is 2.14. The fraction of sp³-hybridized carbons (Fsp3) is 1.00. The first kappa shape index (κ1) is 12.9. The van der Waals surface area contributed by atoms with Crippen LogP contribution in [0.15, 0.2) is 0 Å². The Balaban J connectivity index is 3.54. The van der Waals surface area contributed by atoms with Gasteiger partial charge >= 0.3 is 0 Å². The van der Waals surface area contributed by atoms with E-state index in [9.17, 15) is 0 Å². The van der Waals surface area contributed by atoms with Crippen LogP contribution in [0, 0.1) is 5.92 Å². The van der Waals surface area contributed by atoms with Gasteiger partial charge in [-0.2, -0.15) is 0 Å². The standard InChI is InChI=1S/C11H24O2/c1-4-5-6-7-11(10(2)3)13-9-8-12/h10-12H,4-9H2,1-3H3. The average Bonchev–Trinajstić information content (AvgIpc) is 2.10. The van der Waals surface area contributed by atoms with Crippen molar-refractivity contribution in [3.05, 3.63) is 0 Å². The van der Waals surface area contributed by atoms with Crippen LogP contribution in [0.2, 0.25) is 0 Å². The van der Waals surface area contributed by atoms with Crippen LogP contribution in [0.3, 0.4) is 0 Å². The fourth-order valence-corrected chi connectivity index (χ4v) is 1.41. The van der Waals surface area contributed by atoms with Crippen LogP contribution in [-0.2, 0) is 4.74 Å². The van der Waals surface area contributed by atoms with Gasteiger partial charge in [-0.15, -0.1) is 0 Å². The summed E-state index contributed by atoms with van der Waals surface area (Å²) in [7, 11) is 0. The Labute approximate surface area is 82.3 Å². The Morgan fingerprint density at radius 3 is 2.38 bits per heavy atom. The molecule has 0 aromatic heterocycles. The third-order valence-electron chi connectivity index (χ3n) is 2.26. The minimum Gasteiger partial charge on any atom is -0.394 e. The predicted molar refractivity (Wildman–Crippen MR) is 55.8 cm³/mol. The molecular weight excluding hydrogens is 164 g/mol. The second kappa shape index (κ2) is 8.52. The van der Waals surface area contributed by atoms with E-state index in [1.165, 1.54) is 19.3 Å². The lowest BCUT2D eigenvalue weighted by molar-refractivity contribution is -0.00272. The molecule has 0 aromatic rings. The van der Waals surface area contributed by atoms with Crippen molar-refractivity contribution < 1.29 is 9.84 Å². The second-order valence-corrected chi connectivity index (χ2v) is 3.87. The van der Waals surface area contributed by atoms with Crippen LogP contribution < -0.4 is 0 Å². The molecule has 0 aliphatic heterocycles. The predicted octanol–water partition coefficient (Wildman–Crippen LogP) is 2.60. The maximum Gasteiger partial charge on any atom is 0.0701 e. The third kappa shape index (κ3) is 7.03. The van der Waals surface area contributed by atoms with Crippen molar-refractivity contribution >= 4 is 0 Å². The number of aliphatic hydroxyl groups excluding tert-OH is 1. The first-order valence-electron chi connectivity index (χ1n) is 5.44. The van der Waals surface area contributed by atoms with E-state index >= 15 is 0 Å². The van der Waals surface area contributed by atoms with Crippen molar-refractivity contribution in [2.24, 2.45) is 5.92 Å². The summed E-state index contributed by atoms with van der Waals surface area (Å²) in [6.07, 6.45) is 5.24. The van der Waals surface area contributed by atoms with Gasteiger partial charge in [0.05, 0.1) is 19.3 Å². The molecule has 0 aliphatic carbocycles. The molecule has 13 heavy (non-hydrogen) atoms. The van der Waals surface area contributed by atoms with Crippen LogP contribution in [0.4, 0.5) is 0 Å². The minimum atomic E-state index is 0.136. The first-order valence-corrected chi connectivity index (χ1v) is 5.44. The van der Waals surface area contributed by atoms with E-state index < -0.39 is 0 Å². The van der Waals surface area contributed by atoms with Gasteiger partial charge in [-0.1, -0.05) is 40.0 Å². The smallest absolute Gasteiger partial charge is 0.0701 e. The van der Waals surface area contributed by atoms with E-state index in [1.807, 2.05) is 0 Å². The van der Waals surface area contributed by atoms with E-state index in [1.54, 1.807) is 0 Å². The highest BCUT2D eigenvalue weighted by molar-refractivity contribution is 4.62. The quantitative estimate of drug-likeness (QED) is 0.593. The Morgan fingerprint density at radius 2 is 1.92 bits per heavy atom. The molecular formula is C11H24O2. The van der Waals surface area contributed by atoms with Gasteiger partial charge in [0.2, 0.25) is 0 Å². The van der Waals surface area contributed by atoms with E-state index in [0.717, 1.165) is 6.42 Å². The summed E-state index contributed by atoms with van der Waals surface area (Å²) in [5.74, 6) is 0.559. The lowest BCUT2D eigenvalue weighted by Crippen LogP contribution is -2.21. The van der Waals surface area contributed by atoms with Crippen LogP contribution >= 0.6 is 0 Å². The summed E-state index contributed by atoms with van der Waals surface area (Å²) < 4.78 is 5.55. The molecule has 0 aliphatic rings. The Kier molecular flexibility index (Phi) is 8.46. The molecule has 0 amide bonds. The van der Waals surface area contributed by atoms with Gasteiger partial charge in [-0.3, -0.25) is 0 Å². The molecule has 0 spiro atoms. The van der Waals surface area contributed by atoms with Crippen molar-refractivity contribution in [2.75, 3.05) is 13.2 Å². The maximum atomic E-state index is 8.64. The third-order valence-corrected chi connectivity index (χ3v) is 2.26. The lowest BCUT2D eigenvalue weighted by Gasteiger charge is -2.20. The van der Waals surface area contributed by atoms with Crippen LogP contribution in [0.25, 0.3) is 0 Å². The topological polar surface area (TPSA) is 29.5 Å². The molecule has 0 aromatic carbocycles. The van der Waals surface area contributed by atoms with Crippen molar-refractivity contribution in [1.29, 1.82) is 0 Å². The zero-order valence-corrected chi connectivity index (χ0v) is 9.25. The van der Waals surface area contributed by atoms with E-state index in [2.05, 4.69) is 20.8 Å². The molecule has 1 unspecified atom stereocenters. The number of unbranched alkanes of at least 4 members (excludes halogenated alkanes) is 2. The van der Waals surface area contributed by atoms with Crippen molar-refractivity contribution in [2.45, 2.75) is 52.6 Å². The average molecular weight is 188 g/mol. The van der Waals surface area contributed by atoms with E-state index in [0.29, 0.717) is 18.6 Å². The highest BCUT2D eigenvalue weighted by atomic mass is 16.5. The maximum absolute atomic E-state index is 8.64. The number of aliphatic hydroxyl groups is 1. The summed E-state index contributed by atoms with van der Waals surface area (Å²) in [6.45, 7) is 7.17. The Morgan fingerprint density at radius 1 is 1.23 bits per heavy atom. The lowest BCUT2D eigenvalue weighted by atomic mass is 10.0. The fourth-order valence-electron chi connectivity index (χ4n) is 1.41. The first-order chi connectivity index (χ1) is 6.22. The van der Waals surface area contributed by atoms with Crippen LogP contribution in [0.5, 0.6) is 0 Å². The molecule has 0 fully saturated rings.